The molecule has 31 heavy (non-hydrogen) atoms. The molecule has 8 nitrogen and oxygen atoms in total. The molecule has 0 saturated carbocycles. The lowest BCUT2D eigenvalue weighted by atomic mass is 10.2. The van der Waals surface area contributed by atoms with Crippen molar-refractivity contribution in [1.82, 2.24) is 8.87 Å². The largest absolute Gasteiger partial charge is 0.497 e. The summed E-state index contributed by atoms with van der Waals surface area (Å²) in [5, 5.41) is 0. The van der Waals surface area contributed by atoms with E-state index in [4.69, 9.17) is 9.47 Å². The molecule has 0 radical (unpaired) electrons. The third kappa shape index (κ3) is 4.29. The molecule has 1 aromatic heterocycles. The van der Waals surface area contributed by atoms with Gasteiger partial charge in [-0.05, 0) is 52.0 Å². The Kier molecular flexibility index (Phi) is 6.96. The van der Waals surface area contributed by atoms with Gasteiger partial charge in [-0.3, -0.25) is 0 Å². The predicted molar refractivity (Wildman–Crippen MR) is 120 cm³/mol. The van der Waals surface area contributed by atoms with Crippen LogP contribution in [0.15, 0.2) is 29.2 Å². The van der Waals surface area contributed by atoms with Gasteiger partial charge in [0.25, 0.3) is 0 Å². The van der Waals surface area contributed by atoms with E-state index >= 15 is 0 Å². The van der Waals surface area contributed by atoms with Gasteiger partial charge in [-0.25, -0.2) is 13.2 Å². The van der Waals surface area contributed by atoms with E-state index in [0.717, 1.165) is 11.4 Å². The van der Waals surface area contributed by atoms with Crippen LogP contribution in [0.5, 0.6) is 5.75 Å². The Morgan fingerprint density at radius 2 is 1.65 bits per heavy atom. The van der Waals surface area contributed by atoms with Gasteiger partial charge in [0.05, 0.1) is 13.7 Å². The summed E-state index contributed by atoms with van der Waals surface area (Å²) >= 11 is 0. The lowest BCUT2D eigenvalue weighted by molar-refractivity contribution is 0.0512. The molecule has 2 aromatic rings. The molecule has 1 aliphatic heterocycles. The highest BCUT2D eigenvalue weighted by molar-refractivity contribution is 7.89. The third-order valence-corrected chi connectivity index (χ3v) is 7.92. The Bertz CT molecular complexity index is 1040. The summed E-state index contributed by atoms with van der Waals surface area (Å²) in [5.74, 6) is 0.296. The first-order chi connectivity index (χ1) is 14.8. The molecule has 0 spiro atoms. The number of rotatable bonds is 7. The number of benzene rings is 1. The van der Waals surface area contributed by atoms with Crippen LogP contribution >= 0.6 is 0 Å². The van der Waals surface area contributed by atoms with Crippen LogP contribution < -0.4 is 9.64 Å². The molecule has 0 aliphatic carbocycles. The fourth-order valence-corrected chi connectivity index (χ4v) is 6.09. The number of aromatic nitrogens is 1. The lowest BCUT2D eigenvalue weighted by Gasteiger charge is -2.35. The van der Waals surface area contributed by atoms with Crippen molar-refractivity contribution in [3.63, 3.8) is 0 Å². The van der Waals surface area contributed by atoms with Gasteiger partial charge in [0, 0.05) is 49.7 Å². The van der Waals surface area contributed by atoms with Crippen LogP contribution in [-0.4, -0.2) is 63.2 Å². The van der Waals surface area contributed by atoms with Gasteiger partial charge >= 0.3 is 5.97 Å². The van der Waals surface area contributed by atoms with Crippen molar-refractivity contribution in [1.29, 1.82) is 0 Å². The van der Waals surface area contributed by atoms with Crippen LogP contribution in [0.25, 0.3) is 0 Å². The summed E-state index contributed by atoms with van der Waals surface area (Å²) in [7, 11) is -2.12. The summed E-state index contributed by atoms with van der Waals surface area (Å²) in [6.07, 6.45) is 0. The fourth-order valence-electron chi connectivity index (χ4n) is 4.22. The molecule has 0 bridgehead atoms. The monoisotopic (exact) mass is 449 g/mol. The van der Waals surface area contributed by atoms with E-state index in [1.807, 2.05) is 31.2 Å². The molecule has 1 fully saturated rings. The molecule has 1 aliphatic rings. The Morgan fingerprint density at radius 3 is 2.16 bits per heavy atom. The van der Waals surface area contributed by atoms with Crippen molar-refractivity contribution in [3.8, 4) is 5.75 Å². The highest BCUT2D eigenvalue weighted by Crippen LogP contribution is 2.31. The number of hydrogen-bond acceptors (Lipinski definition) is 6. The van der Waals surface area contributed by atoms with Crippen molar-refractivity contribution in [3.05, 3.63) is 41.2 Å². The number of sulfonamides is 1. The second-order valence-corrected chi connectivity index (χ2v) is 9.32. The van der Waals surface area contributed by atoms with Crippen LogP contribution in [-0.2, 0) is 21.3 Å². The summed E-state index contributed by atoms with van der Waals surface area (Å²) in [4.78, 5) is 14.9. The van der Waals surface area contributed by atoms with E-state index in [2.05, 4.69) is 4.90 Å². The van der Waals surface area contributed by atoms with Gasteiger partial charge in [0.15, 0.2) is 0 Å². The minimum atomic E-state index is -3.74. The van der Waals surface area contributed by atoms with Gasteiger partial charge < -0.3 is 18.9 Å². The molecule has 0 atom stereocenters. The standard InChI is InChI=1S/C22H31N3O5S/c1-6-25-17(4)21(16(3)20(25)22(26)30-7-2)31(27,28)24-14-12-23(13-15-24)18-8-10-19(29-5)11-9-18/h8-11H,6-7,12-15H2,1-5H3. The zero-order valence-corrected chi connectivity index (χ0v) is 19.7. The summed E-state index contributed by atoms with van der Waals surface area (Å²) in [5.41, 5.74) is 2.38. The number of methoxy groups -OCH3 is 1. The van der Waals surface area contributed by atoms with Crippen LogP contribution in [0.2, 0.25) is 0 Å². The second kappa shape index (κ2) is 9.32. The minimum absolute atomic E-state index is 0.218. The first kappa shape index (κ1) is 23.1. The lowest BCUT2D eigenvalue weighted by Crippen LogP contribution is -2.48. The average Bonchev–Trinajstić information content (AvgIpc) is 3.04. The number of ether oxygens (including phenoxy) is 2. The van der Waals surface area contributed by atoms with Gasteiger partial charge in [0.1, 0.15) is 16.3 Å². The molecule has 0 N–H and O–H groups in total. The minimum Gasteiger partial charge on any atom is -0.497 e. The van der Waals surface area contributed by atoms with Crippen LogP contribution in [0.3, 0.4) is 0 Å². The highest BCUT2D eigenvalue weighted by atomic mass is 32.2. The number of nitrogens with zero attached hydrogens (tertiary/aromatic N) is 3. The SMILES string of the molecule is CCOC(=O)c1c(C)c(S(=O)(=O)N2CCN(c3ccc(OC)cc3)CC2)c(C)n1CC. The quantitative estimate of drug-likeness (QED) is 0.605. The maximum absolute atomic E-state index is 13.5. The van der Waals surface area contributed by atoms with Crippen molar-refractivity contribution < 1.29 is 22.7 Å². The van der Waals surface area contributed by atoms with Crippen LogP contribution in [0.1, 0.15) is 35.6 Å². The topological polar surface area (TPSA) is 81.1 Å². The number of carbonyl (C=O) groups is 1. The molecule has 1 aromatic carbocycles. The molecule has 3 rings (SSSR count). The number of carbonyl (C=O) groups excluding carboxylic acids is 1. The van der Waals surface area contributed by atoms with Crippen molar-refractivity contribution in [2.45, 2.75) is 39.1 Å². The van der Waals surface area contributed by atoms with Crippen LogP contribution in [0, 0.1) is 13.8 Å². The molecular formula is C22H31N3O5S. The number of anilines is 1. The van der Waals surface area contributed by atoms with E-state index < -0.39 is 16.0 Å². The average molecular weight is 450 g/mol. The van der Waals surface area contributed by atoms with Crippen molar-refractivity contribution >= 4 is 21.7 Å². The van der Waals surface area contributed by atoms with Gasteiger partial charge in [-0.1, -0.05) is 0 Å². The van der Waals surface area contributed by atoms with Gasteiger partial charge in [0.2, 0.25) is 10.0 Å². The van der Waals surface area contributed by atoms with Gasteiger partial charge in [-0.2, -0.15) is 4.31 Å². The Hall–Kier alpha value is -2.52. The molecule has 0 amide bonds. The van der Waals surface area contributed by atoms with E-state index in [0.29, 0.717) is 49.7 Å². The predicted octanol–water partition coefficient (Wildman–Crippen LogP) is 2.82. The zero-order chi connectivity index (χ0) is 22.8. The molecule has 9 heteroatoms. The second-order valence-electron chi connectivity index (χ2n) is 7.44. The Morgan fingerprint density at radius 1 is 1.03 bits per heavy atom. The number of hydrogen-bond donors (Lipinski definition) is 0. The smallest absolute Gasteiger partial charge is 0.355 e. The summed E-state index contributed by atoms with van der Waals surface area (Å²) < 4.78 is 40.7. The number of piperazine rings is 1. The maximum Gasteiger partial charge on any atom is 0.355 e. The van der Waals surface area contributed by atoms with E-state index in [9.17, 15) is 13.2 Å². The first-order valence-corrected chi connectivity index (χ1v) is 12.0. The van der Waals surface area contributed by atoms with Crippen molar-refractivity contribution in [2.24, 2.45) is 0 Å². The van der Waals surface area contributed by atoms with Gasteiger partial charge in [-0.15, -0.1) is 0 Å². The van der Waals surface area contributed by atoms with Crippen LogP contribution in [0.4, 0.5) is 5.69 Å². The highest BCUT2D eigenvalue weighted by Gasteiger charge is 2.35. The third-order valence-electron chi connectivity index (χ3n) is 5.76. The van der Waals surface area contributed by atoms with E-state index in [-0.39, 0.29) is 11.5 Å². The van der Waals surface area contributed by atoms with E-state index in [1.165, 1.54) is 4.31 Å². The van der Waals surface area contributed by atoms with E-state index in [1.54, 1.807) is 32.4 Å². The fraction of sp³-hybridized carbons (Fsp3) is 0.500. The number of esters is 1. The Balaban J connectivity index is 1.85. The normalized spacial score (nSPS) is 15.2. The molecule has 170 valence electrons. The zero-order valence-electron chi connectivity index (χ0n) is 18.8. The molecular weight excluding hydrogens is 418 g/mol. The molecule has 1 saturated heterocycles. The Labute approximate surface area is 184 Å². The maximum atomic E-state index is 13.5. The van der Waals surface area contributed by atoms with Crippen molar-refractivity contribution in [2.75, 3.05) is 44.8 Å². The summed E-state index contributed by atoms with van der Waals surface area (Å²) in [6.45, 7) is 9.71. The molecule has 2 heterocycles. The molecule has 0 unspecified atom stereocenters. The first-order valence-electron chi connectivity index (χ1n) is 10.5. The summed E-state index contributed by atoms with van der Waals surface area (Å²) in [6, 6.07) is 7.75.